The number of anilines is 3. The molecule has 0 saturated carbocycles. The number of nitrogens with zero attached hydrogens (tertiary/aromatic N) is 2. The molecule has 0 bridgehead atoms. The van der Waals surface area contributed by atoms with Gasteiger partial charge in [-0.15, -0.1) is 0 Å². The SMILES string of the molecule is CNc1ncnc(Nc2ccc(OC(C)C)cc2)c1OC. The number of hydrogen-bond acceptors (Lipinski definition) is 6. The lowest BCUT2D eigenvalue weighted by molar-refractivity contribution is 0.242. The van der Waals surface area contributed by atoms with Crippen molar-refractivity contribution in [1.29, 1.82) is 0 Å². The van der Waals surface area contributed by atoms with Gasteiger partial charge < -0.3 is 20.1 Å². The Labute approximate surface area is 124 Å². The van der Waals surface area contributed by atoms with E-state index in [4.69, 9.17) is 9.47 Å². The highest BCUT2D eigenvalue weighted by Gasteiger charge is 2.11. The van der Waals surface area contributed by atoms with Crippen LogP contribution in [-0.4, -0.2) is 30.2 Å². The molecule has 112 valence electrons. The number of benzene rings is 1. The molecule has 0 amide bonds. The number of ether oxygens (including phenoxy) is 2. The van der Waals surface area contributed by atoms with Crippen LogP contribution in [0.5, 0.6) is 11.5 Å². The molecule has 0 radical (unpaired) electrons. The summed E-state index contributed by atoms with van der Waals surface area (Å²) < 4.78 is 11.0. The largest absolute Gasteiger partial charge is 0.491 e. The predicted octanol–water partition coefficient (Wildman–Crippen LogP) is 3.06. The van der Waals surface area contributed by atoms with Crippen LogP contribution in [0.2, 0.25) is 0 Å². The van der Waals surface area contributed by atoms with Crippen LogP contribution in [-0.2, 0) is 0 Å². The average molecular weight is 288 g/mol. The van der Waals surface area contributed by atoms with E-state index in [1.165, 1.54) is 6.33 Å². The van der Waals surface area contributed by atoms with Crippen LogP contribution in [0.4, 0.5) is 17.3 Å². The molecule has 0 aliphatic carbocycles. The first-order chi connectivity index (χ1) is 10.1. The van der Waals surface area contributed by atoms with Crippen molar-refractivity contribution in [2.45, 2.75) is 20.0 Å². The molecule has 2 aromatic rings. The first-order valence-corrected chi connectivity index (χ1v) is 6.74. The van der Waals surface area contributed by atoms with Gasteiger partial charge in [-0.25, -0.2) is 9.97 Å². The third-order valence-corrected chi connectivity index (χ3v) is 2.73. The minimum atomic E-state index is 0.156. The highest BCUT2D eigenvalue weighted by molar-refractivity contribution is 5.69. The summed E-state index contributed by atoms with van der Waals surface area (Å²) in [5.74, 6) is 2.65. The Bertz CT molecular complexity index is 585. The van der Waals surface area contributed by atoms with E-state index in [0.29, 0.717) is 17.4 Å². The molecule has 21 heavy (non-hydrogen) atoms. The molecule has 0 spiro atoms. The van der Waals surface area contributed by atoms with Crippen LogP contribution in [0.25, 0.3) is 0 Å². The number of rotatable bonds is 6. The Morgan fingerprint density at radius 2 is 1.71 bits per heavy atom. The van der Waals surface area contributed by atoms with E-state index in [9.17, 15) is 0 Å². The highest BCUT2D eigenvalue weighted by atomic mass is 16.5. The fraction of sp³-hybridized carbons (Fsp3) is 0.333. The van der Waals surface area contributed by atoms with Crippen LogP contribution in [0.3, 0.4) is 0 Å². The first kappa shape index (κ1) is 14.9. The fourth-order valence-electron chi connectivity index (χ4n) is 1.86. The number of hydrogen-bond donors (Lipinski definition) is 2. The third kappa shape index (κ3) is 3.75. The second-order valence-corrected chi connectivity index (χ2v) is 4.67. The van der Waals surface area contributed by atoms with E-state index < -0.39 is 0 Å². The summed E-state index contributed by atoms with van der Waals surface area (Å²) in [7, 11) is 3.37. The van der Waals surface area contributed by atoms with Gasteiger partial charge in [0, 0.05) is 12.7 Å². The lowest BCUT2D eigenvalue weighted by Crippen LogP contribution is -2.05. The van der Waals surface area contributed by atoms with E-state index in [-0.39, 0.29) is 6.10 Å². The molecule has 0 fully saturated rings. The molecule has 0 aliphatic heterocycles. The van der Waals surface area contributed by atoms with Crippen molar-refractivity contribution in [3.05, 3.63) is 30.6 Å². The smallest absolute Gasteiger partial charge is 0.204 e. The molecule has 0 unspecified atom stereocenters. The zero-order valence-corrected chi connectivity index (χ0v) is 12.7. The Morgan fingerprint density at radius 1 is 1.05 bits per heavy atom. The fourth-order valence-corrected chi connectivity index (χ4v) is 1.86. The van der Waals surface area contributed by atoms with Gasteiger partial charge in [0.15, 0.2) is 11.6 Å². The summed E-state index contributed by atoms with van der Waals surface area (Å²) in [6.45, 7) is 3.99. The van der Waals surface area contributed by atoms with Gasteiger partial charge >= 0.3 is 0 Å². The van der Waals surface area contributed by atoms with Gasteiger partial charge in [0.05, 0.1) is 13.2 Å². The Morgan fingerprint density at radius 3 is 2.29 bits per heavy atom. The molecule has 0 saturated heterocycles. The molecular formula is C15H20N4O2. The van der Waals surface area contributed by atoms with Crippen molar-refractivity contribution in [3.63, 3.8) is 0 Å². The van der Waals surface area contributed by atoms with Crippen molar-refractivity contribution in [2.75, 3.05) is 24.8 Å². The maximum atomic E-state index is 5.61. The summed E-state index contributed by atoms with van der Waals surface area (Å²) in [4.78, 5) is 8.32. The van der Waals surface area contributed by atoms with Gasteiger partial charge in [-0.05, 0) is 38.1 Å². The molecule has 2 rings (SSSR count). The second kappa shape index (κ2) is 6.78. The van der Waals surface area contributed by atoms with Crippen LogP contribution < -0.4 is 20.1 Å². The summed E-state index contributed by atoms with van der Waals surface area (Å²) in [6.07, 6.45) is 1.64. The molecule has 1 aromatic heterocycles. The second-order valence-electron chi connectivity index (χ2n) is 4.67. The number of nitrogens with one attached hydrogen (secondary N) is 2. The van der Waals surface area contributed by atoms with Crippen LogP contribution >= 0.6 is 0 Å². The van der Waals surface area contributed by atoms with E-state index in [1.54, 1.807) is 14.2 Å². The Hall–Kier alpha value is -2.50. The average Bonchev–Trinajstić information content (AvgIpc) is 2.48. The van der Waals surface area contributed by atoms with E-state index in [1.807, 2.05) is 38.1 Å². The van der Waals surface area contributed by atoms with Crippen molar-refractivity contribution < 1.29 is 9.47 Å². The lowest BCUT2D eigenvalue weighted by atomic mass is 10.3. The maximum absolute atomic E-state index is 5.61. The molecular weight excluding hydrogens is 268 g/mol. The minimum Gasteiger partial charge on any atom is -0.491 e. The maximum Gasteiger partial charge on any atom is 0.204 e. The topological polar surface area (TPSA) is 68.3 Å². The number of aromatic nitrogens is 2. The van der Waals surface area contributed by atoms with Gasteiger partial charge in [-0.2, -0.15) is 0 Å². The van der Waals surface area contributed by atoms with Gasteiger partial charge in [-0.3, -0.25) is 0 Å². The predicted molar refractivity (Wildman–Crippen MR) is 83.6 cm³/mol. The quantitative estimate of drug-likeness (QED) is 0.851. The monoisotopic (exact) mass is 288 g/mol. The first-order valence-electron chi connectivity index (χ1n) is 6.74. The lowest BCUT2D eigenvalue weighted by Gasteiger charge is -2.13. The van der Waals surface area contributed by atoms with Crippen molar-refractivity contribution >= 4 is 17.3 Å². The molecule has 1 heterocycles. The Kier molecular flexibility index (Phi) is 4.81. The molecule has 0 atom stereocenters. The number of methoxy groups -OCH3 is 1. The molecule has 6 nitrogen and oxygen atoms in total. The van der Waals surface area contributed by atoms with Gasteiger partial charge in [0.2, 0.25) is 5.75 Å². The summed E-state index contributed by atoms with van der Waals surface area (Å²) in [6, 6.07) is 7.68. The molecule has 2 N–H and O–H groups in total. The van der Waals surface area contributed by atoms with Gasteiger partial charge in [-0.1, -0.05) is 0 Å². The van der Waals surface area contributed by atoms with Crippen molar-refractivity contribution in [2.24, 2.45) is 0 Å². The van der Waals surface area contributed by atoms with Gasteiger partial charge in [0.1, 0.15) is 12.1 Å². The molecule has 6 heteroatoms. The van der Waals surface area contributed by atoms with Crippen LogP contribution in [0.1, 0.15) is 13.8 Å². The van der Waals surface area contributed by atoms with Crippen LogP contribution in [0.15, 0.2) is 30.6 Å². The van der Waals surface area contributed by atoms with E-state index in [2.05, 4.69) is 20.6 Å². The minimum absolute atomic E-state index is 0.156. The van der Waals surface area contributed by atoms with E-state index in [0.717, 1.165) is 11.4 Å². The van der Waals surface area contributed by atoms with Crippen molar-refractivity contribution in [1.82, 2.24) is 9.97 Å². The third-order valence-electron chi connectivity index (χ3n) is 2.73. The normalized spacial score (nSPS) is 10.3. The molecule has 1 aromatic carbocycles. The van der Waals surface area contributed by atoms with Gasteiger partial charge in [0.25, 0.3) is 0 Å². The Balaban J connectivity index is 2.18. The zero-order valence-electron chi connectivity index (χ0n) is 12.7. The van der Waals surface area contributed by atoms with E-state index >= 15 is 0 Å². The van der Waals surface area contributed by atoms with Crippen molar-refractivity contribution in [3.8, 4) is 11.5 Å². The molecule has 0 aliphatic rings. The summed E-state index contributed by atoms with van der Waals surface area (Å²) in [5, 5.41) is 6.17. The summed E-state index contributed by atoms with van der Waals surface area (Å²) >= 11 is 0. The highest BCUT2D eigenvalue weighted by Crippen LogP contribution is 2.31. The summed E-state index contributed by atoms with van der Waals surface area (Å²) in [5.41, 5.74) is 0.894. The standard InChI is InChI=1S/C15H20N4O2/c1-10(2)21-12-7-5-11(6-8-12)19-15-13(20-4)14(16-3)17-9-18-15/h5-10H,1-4H3,(H2,16,17,18,19). The zero-order chi connectivity index (χ0) is 15.2. The van der Waals surface area contributed by atoms with Crippen LogP contribution in [0, 0.1) is 0 Å².